The first-order chi connectivity index (χ1) is 15.7. The number of nitrogens with zero attached hydrogens (tertiary/aromatic N) is 3. The van der Waals surface area contributed by atoms with Gasteiger partial charge >= 0.3 is 0 Å². The number of fused-ring (bicyclic) bond motifs is 1. The van der Waals surface area contributed by atoms with E-state index < -0.39 is 0 Å². The van der Waals surface area contributed by atoms with Gasteiger partial charge in [0.05, 0.1) is 6.61 Å². The number of piperidine rings is 1. The number of carbonyl (C=O) groups is 2. The Morgan fingerprint density at radius 2 is 2.16 bits per heavy atom. The van der Waals surface area contributed by atoms with Crippen molar-refractivity contribution < 1.29 is 18.8 Å². The van der Waals surface area contributed by atoms with Gasteiger partial charge in [-0.3, -0.25) is 14.6 Å². The first-order valence-electron chi connectivity index (χ1n) is 10.9. The second-order valence-corrected chi connectivity index (χ2v) is 8.17. The third kappa shape index (κ3) is 4.21. The molecular weight excluding hydrogens is 408 g/mol. The minimum absolute atomic E-state index is 0.0119. The Morgan fingerprint density at radius 1 is 1.22 bits per heavy atom. The quantitative estimate of drug-likeness (QED) is 0.666. The van der Waals surface area contributed by atoms with Gasteiger partial charge in [-0.25, -0.2) is 0 Å². The molecule has 32 heavy (non-hydrogen) atoms. The molecule has 1 N–H and O–H groups in total. The van der Waals surface area contributed by atoms with Crippen LogP contribution in [0, 0.1) is 0 Å². The minimum atomic E-state index is -0.298. The summed E-state index contributed by atoms with van der Waals surface area (Å²) in [6, 6.07) is 11.0. The topological polar surface area (TPSA) is 97.6 Å². The molecule has 1 fully saturated rings. The summed E-state index contributed by atoms with van der Waals surface area (Å²) in [5.41, 5.74) is 2.92. The van der Waals surface area contributed by atoms with Crippen LogP contribution >= 0.6 is 0 Å². The van der Waals surface area contributed by atoms with Crippen molar-refractivity contribution >= 4 is 11.8 Å². The molecule has 0 spiro atoms. The third-order valence-corrected chi connectivity index (χ3v) is 5.98. The number of nitrogens with one attached hydrogen (secondary N) is 1. The fraction of sp³-hybridized carbons (Fsp3) is 0.333. The Hall–Kier alpha value is -3.68. The number of hydrogen-bond donors (Lipinski definition) is 1. The molecule has 164 valence electrons. The first-order valence-corrected chi connectivity index (χ1v) is 10.9. The van der Waals surface area contributed by atoms with E-state index in [-0.39, 0.29) is 23.4 Å². The number of carbonyl (C=O) groups excluding carboxylic acids is 2. The Balaban J connectivity index is 1.22. The molecule has 0 aliphatic carbocycles. The van der Waals surface area contributed by atoms with Crippen LogP contribution in [-0.2, 0) is 13.0 Å². The molecule has 0 radical (unpaired) electrons. The highest BCUT2D eigenvalue weighted by Crippen LogP contribution is 2.30. The van der Waals surface area contributed by atoms with Crippen LogP contribution in [-0.4, -0.2) is 46.6 Å². The standard InChI is InChI=1S/C24H24N4O4/c29-23(26-14-16-3-1-8-25-13-16)20-12-22(32-27-20)19-4-2-9-28(15-19)24(30)18-5-6-21-17(11-18)7-10-31-21/h1,3,5-6,8,11-13,19H,2,4,7,9-10,14-15H2,(H,26,29). The van der Waals surface area contributed by atoms with Crippen molar-refractivity contribution in [1.29, 1.82) is 0 Å². The fourth-order valence-corrected chi connectivity index (χ4v) is 4.26. The number of hydrogen-bond acceptors (Lipinski definition) is 6. The maximum absolute atomic E-state index is 13.1. The molecular formula is C24H24N4O4. The molecule has 1 saturated heterocycles. The molecule has 1 atom stereocenters. The Kier molecular flexibility index (Phi) is 5.58. The van der Waals surface area contributed by atoms with Gasteiger partial charge in [0.2, 0.25) is 0 Å². The van der Waals surface area contributed by atoms with E-state index >= 15 is 0 Å². The van der Waals surface area contributed by atoms with E-state index in [1.807, 2.05) is 35.2 Å². The summed E-state index contributed by atoms with van der Waals surface area (Å²) in [6.07, 6.45) is 5.98. The van der Waals surface area contributed by atoms with E-state index in [1.165, 1.54) is 0 Å². The normalized spacial score (nSPS) is 17.5. The van der Waals surface area contributed by atoms with E-state index in [0.29, 0.717) is 37.6 Å². The predicted molar refractivity (Wildman–Crippen MR) is 115 cm³/mol. The summed E-state index contributed by atoms with van der Waals surface area (Å²) < 4.78 is 11.0. The highest BCUT2D eigenvalue weighted by molar-refractivity contribution is 5.95. The second kappa shape index (κ2) is 8.82. The van der Waals surface area contributed by atoms with Gasteiger partial charge in [0.1, 0.15) is 11.5 Å². The van der Waals surface area contributed by atoms with Gasteiger partial charge in [-0.2, -0.15) is 0 Å². The molecule has 2 aliphatic rings. The summed E-state index contributed by atoms with van der Waals surface area (Å²) in [5, 5.41) is 6.78. The van der Waals surface area contributed by atoms with E-state index in [9.17, 15) is 9.59 Å². The van der Waals surface area contributed by atoms with Crippen LogP contribution < -0.4 is 10.1 Å². The Morgan fingerprint density at radius 3 is 3.03 bits per heavy atom. The molecule has 2 aliphatic heterocycles. The number of rotatable bonds is 5. The highest BCUT2D eigenvalue weighted by Gasteiger charge is 2.29. The smallest absolute Gasteiger partial charge is 0.273 e. The molecule has 3 aromatic rings. The third-order valence-electron chi connectivity index (χ3n) is 5.98. The summed E-state index contributed by atoms with van der Waals surface area (Å²) in [7, 11) is 0. The van der Waals surface area contributed by atoms with Gasteiger partial charge in [0.15, 0.2) is 5.69 Å². The van der Waals surface area contributed by atoms with Crippen LogP contribution in [0.2, 0.25) is 0 Å². The monoisotopic (exact) mass is 432 g/mol. The van der Waals surface area contributed by atoms with Crippen molar-refractivity contribution in [3.8, 4) is 5.75 Å². The molecule has 2 aromatic heterocycles. The Bertz CT molecular complexity index is 1130. The lowest BCUT2D eigenvalue weighted by Gasteiger charge is -2.31. The Labute approximate surface area is 185 Å². The average molecular weight is 432 g/mol. The van der Waals surface area contributed by atoms with Gasteiger partial charge in [-0.05, 0) is 48.2 Å². The summed E-state index contributed by atoms with van der Waals surface area (Å²) >= 11 is 0. The second-order valence-electron chi connectivity index (χ2n) is 8.17. The van der Waals surface area contributed by atoms with E-state index in [0.717, 1.165) is 36.1 Å². The molecule has 8 nitrogen and oxygen atoms in total. The molecule has 1 unspecified atom stereocenters. The van der Waals surface area contributed by atoms with E-state index in [1.54, 1.807) is 18.5 Å². The summed E-state index contributed by atoms with van der Waals surface area (Å²) in [5.74, 6) is 1.23. The van der Waals surface area contributed by atoms with E-state index in [4.69, 9.17) is 9.26 Å². The maximum atomic E-state index is 13.1. The van der Waals surface area contributed by atoms with Crippen LogP contribution in [0.25, 0.3) is 0 Å². The first kappa shape index (κ1) is 20.2. The van der Waals surface area contributed by atoms with Crippen molar-refractivity contribution in [2.45, 2.75) is 31.7 Å². The van der Waals surface area contributed by atoms with Crippen LogP contribution in [0.3, 0.4) is 0 Å². The number of likely N-dealkylation sites (tertiary alicyclic amines) is 1. The lowest BCUT2D eigenvalue weighted by molar-refractivity contribution is 0.0697. The number of pyridine rings is 1. The number of amides is 2. The lowest BCUT2D eigenvalue weighted by atomic mass is 9.94. The van der Waals surface area contributed by atoms with Crippen molar-refractivity contribution in [3.63, 3.8) is 0 Å². The molecule has 0 bridgehead atoms. The van der Waals surface area contributed by atoms with Crippen LogP contribution in [0.5, 0.6) is 5.75 Å². The predicted octanol–water partition coefficient (Wildman–Crippen LogP) is 2.95. The van der Waals surface area contributed by atoms with E-state index in [2.05, 4.69) is 15.5 Å². The van der Waals surface area contributed by atoms with Crippen LogP contribution in [0.4, 0.5) is 0 Å². The van der Waals surface area contributed by atoms with Crippen molar-refractivity contribution in [3.05, 3.63) is 76.9 Å². The van der Waals surface area contributed by atoms with Crippen molar-refractivity contribution in [1.82, 2.24) is 20.4 Å². The summed E-state index contributed by atoms with van der Waals surface area (Å²) in [6.45, 7) is 2.28. The molecule has 8 heteroatoms. The number of ether oxygens (including phenoxy) is 1. The number of aromatic nitrogens is 2. The fourth-order valence-electron chi connectivity index (χ4n) is 4.26. The van der Waals surface area contributed by atoms with Gasteiger partial charge in [-0.15, -0.1) is 0 Å². The van der Waals surface area contributed by atoms with Crippen molar-refractivity contribution in [2.75, 3.05) is 19.7 Å². The summed E-state index contributed by atoms with van der Waals surface area (Å²) in [4.78, 5) is 31.4. The molecule has 0 saturated carbocycles. The van der Waals surface area contributed by atoms with Gasteiger partial charge in [-0.1, -0.05) is 11.2 Å². The maximum Gasteiger partial charge on any atom is 0.273 e. The molecule has 5 rings (SSSR count). The zero-order valence-corrected chi connectivity index (χ0v) is 17.6. The van der Waals surface area contributed by atoms with Gasteiger partial charge in [0, 0.05) is 56.0 Å². The number of benzene rings is 1. The SMILES string of the molecule is O=C(NCc1cccnc1)c1cc(C2CCCN(C(=O)c3ccc4c(c3)CCO4)C2)on1. The molecule has 2 amide bonds. The van der Waals surface area contributed by atoms with Crippen LogP contribution in [0.15, 0.2) is 53.3 Å². The largest absolute Gasteiger partial charge is 0.493 e. The lowest BCUT2D eigenvalue weighted by Crippen LogP contribution is -2.39. The minimum Gasteiger partial charge on any atom is -0.493 e. The van der Waals surface area contributed by atoms with Crippen molar-refractivity contribution in [2.24, 2.45) is 0 Å². The van der Waals surface area contributed by atoms with Crippen LogP contribution in [0.1, 0.15) is 56.5 Å². The average Bonchev–Trinajstić information content (AvgIpc) is 3.52. The van der Waals surface area contributed by atoms with Gasteiger partial charge in [0.25, 0.3) is 11.8 Å². The zero-order valence-electron chi connectivity index (χ0n) is 17.6. The highest BCUT2D eigenvalue weighted by atomic mass is 16.5. The zero-order chi connectivity index (χ0) is 21.9. The van der Waals surface area contributed by atoms with Gasteiger partial charge < -0.3 is 19.5 Å². The molecule has 1 aromatic carbocycles. The molecule has 4 heterocycles.